The molecule has 18 heavy (non-hydrogen) atoms. The minimum atomic E-state index is -1.41. The quantitative estimate of drug-likeness (QED) is 0.821. The first-order valence-corrected chi connectivity index (χ1v) is 5.30. The minimum Gasteiger partial charge on any atom is -0.492 e. The molecule has 0 saturated carbocycles. The lowest BCUT2D eigenvalue weighted by Gasteiger charge is -2.10. The fourth-order valence-corrected chi connectivity index (χ4v) is 1.82. The number of aromatic amines is 1. The van der Waals surface area contributed by atoms with E-state index in [0.29, 0.717) is 15.2 Å². The summed E-state index contributed by atoms with van der Waals surface area (Å²) in [6.07, 6.45) is 0. The second-order valence-corrected chi connectivity index (χ2v) is 4.10. The number of halogens is 2. The zero-order chi connectivity index (χ0) is 13.4. The van der Waals surface area contributed by atoms with Gasteiger partial charge in [0.25, 0.3) is 5.56 Å². The molecule has 1 heterocycles. The zero-order valence-electron chi connectivity index (χ0n) is 9.20. The van der Waals surface area contributed by atoms with Crippen molar-refractivity contribution in [2.45, 2.75) is 6.92 Å². The first-order chi connectivity index (χ1) is 8.41. The highest BCUT2D eigenvalue weighted by molar-refractivity contribution is 6.30. The van der Waals surface area contributed by atoms with Crippen LogP contribution in [0, 0.1) is 12.7 Å². The Kier molecular flexibility index (Phi) is 2.96. The van der Waals surface area contributed by atoms with Gasteiger partial charge in [0.2, 0.25) is 11.7 Å². The lowest BCUT2D eigenvalue weighted by Crippen LogP contribution is -2.31. The maximum atomic E-state index is 13.3. The molecular formula is C11H8ClFN2O3. The van der Waals surface area contributed by atoms with Crippen LogP contribution in [0.15, 0.2) is 27.8 Å². The van der Waals surface area contributed by atoms with E-state index in [9.17, 15) is 19.1 Å². The molecule has 0 amide bonds. The monoisotopic (exact) mass is 270 g/mol. The molecule has 0 fully saturated rings. The summed E-state index contributed by atoms with van der Waals surface area (Å²) in [6, 6.07) is 4.47. The Labute approximate surface area is 105 Å². The highest BCUT2D eigenvalue weighted by atomic mass is 35.5. The maximum absolute atomic E-state index is 13.3. The number of aromatic nitrogens is 2. The van der Waals surface area contributed by atoms with Gasteiger partial charge in [-0.15, -0.1) is 0 Å². The number of H-pyrrole nitrogens is 1. The van der Waals surface area contributed by atoms with E-state index in [0.717, 1.165) is 0 Å². The van der Waals surface area contributed by atoms with Gasteiger partial charge in [-0.25, -0.2) is 9.36 Å². The number of benzene rings is 1. The van der Waals surface area contributed by atoms with Gasteiger partial charge in [0.1, 0.15) is 0 Å². The number of nitrogens with one attached hydrogen (secondary N) is 1. The van der Waals surface area contributed by atoms with Crippen molar-refractivity contribution in [1.82, 2.24) is 9.55 Å². The fraction of sp³-hybridized carbons (Fsp3) is 0.0909. The van der Waals surface area contributed by atoms with Crippen molar-refractivity contribution < 1.29 is 9.50 Å². The van der Waals surface area contributed by atoms with Crippen LogP contribution in [0.5, 0.6) is 5.88 Å². The molecule has 7 heteroatoms. The molecule has 0 aliphatic carbocycles. The highest BCUT2D eigenvalue weighted by Gasteiger charge is 2.16. The third kappa shape index (κ3) is 1.91. The standard InChI is InChI=1S/C11H8ClFN2O3/c1-5-4-6(12)2-3-7(5)15-10(17)8(13)9(16)14-11(15)18/h2-4,17H,1H3,(H,14,16,18). The summed E-state index contributed by atoms with van der Waals surface area (Å²) in [4.78, 5) is 24.3. The Bertz CT molecular complexity index is 736. The SMILES string of the molecule is Cc1cc(Cl)ccc1-n1c(O)c(F)c(=O)[nH]c1=O. The average molecular weight is 271 g/mol. The van der Waals surface area contributed by atoms with Gasteiger partial charge in [-0.2, -0.15) is 4.39 Å². The van der Waals surface area contributed by atoms with E-state index in [4.69, 9.17) is 11.6 Å². The van der Waals surface area contributed by atoms with Crippen LogP contribution in [0.4, 0.5) is 4.39 Å². The second kappa shape index (κ2) is 4.30. The van der Waals surface area contributed by atoms with Crippen molar-refractivity contribution in [1.29, 1.82) is 0 Å². The average Bonchev–Trinajstić information content (AvgIpc) is 2.29. The van der Waals surface area contributed by atoms with Crippen LogP contribution in [0.1, 0.15) is 5.56 Å². The van der Waals surface area contributed by atoms with Crippen molar-refractivity contribution in [3.63, 3.8) is 0 Å². The Morgan fingerprint density at radius 2 is 2.06 bits per heavy atom. The molecule has 0 aliphatic rings. The van der Waals surface area contributed by atoms with Crippen molar-refractivity contribution in [2.24, 2.45) is 0 Å². The molecule has 5 nitrogen and oxygen atoms in total. The number of nitrogens with zero attached hydrogens (tertiary/aromatic N) is 1. The van der Waals surface area contributed by atoms with Gasteiger partial charge >= 0.3 is 5.69 Å². The summed E-state index contributed by atoms with van der Waals surface area (Å²) in [7, 11) is 0. The number of hydrogen-bond donors (Lipinski definition) is 2. The Morgan fingerprint density at radius 1 is 1.39 bits per heavy atom. The number of aromatic hydroxyl groups is 1. The van der Waals surface area contributed by atoms with E-state index < -0.39 is 22.9 Å². The van der Waals surface area contributed by atoms with Crippen molar-refractivity contribution in [2.75, 3.05) is 0 Å². The Balaban J connectivity index is 2.84. The third-order valence-corrected chi connectivity index (χ3v) is 2.67. The van der Waals surface area contributed by atoms with Gasteiger partial charge in [0, 0.05) is 5.02 Å². The van der Waals surface area contributed by atoms with Crippen LogP contribution in [0.25, 0.3) is 5.69 Å². The summed E-state index contributed by atoms with van der Waals surface area (Å²) in [5, 5.41) is 9.98. The summed E-state index contributed by atoms with van der Waals surface area (Å²) in [5.74, 6) is -2.45. The molecule has 1 aromatic heterocycles. The lowest BCUT2D eigenvalue weighted by atomic mass is 10.2. The molecule has 2 aromatic rings. The van der Waals surface area contributed by atoms with Gasteiger partial charge in [0.05, 0.1) is 5.69 Å². The molecule has 0 unspecified atom stereocenters. The topological polar surface area (TPSA) is 75.1 Å². The van der Waals surface area contributed by atoms with E-state index in [1.807, 2.05) is 0 Å². The molecule has 2 N–H and O–H groups in total. The minimum absolute atomic E-state index is 0.233. The van der Waals surface area contributed by atoms with Crippen molar-refractivity contribution in [3.05, 3.63) is 55.4 Å². The molecule has 0 spiro atoms. The van der Waals surface area contributed by atoms with E-state index >= 15 is 0 Å². The summed E-state index contributed by atoms with van der Waals surface area (Å²) < 4.78 is 14.0. The van der Waals surface area contributed by atoms with Gasteiger partial charge < -0.3 is 5.11 Å². The number of rotatable bonds is 1. The fourth-order valence-electron chi connectivity index (χ4n) is 1.60. The lowest BCUT2D eigenvalue weighted by molar-refractivity contribution is 0.386. The Morgan fingerprint density at radius 3 is 2.67 bits per heavy atom. The van der Waals surface area contributed by atoms with Gasteiger partial charge in [-0.1, -0.05) is 11.6 Å². The molecule has 0 aliphatic heterocycles. The van der Waals surface area contributed by atoms with Gasteiger partial charge in [-0.3, -0.25) is 9.78 Å². The predicted molar refractivity (Wildman–Crippen MR) is 64.0 cm³/mol. The van der Waals surface area contributed by atoms with Crippen LogP contribution >= 0.6 is 11.6 Å². The normalized spacial score (nSPS) is 10.6. The van der Waals surface area contributed by atoms with Gasteiger partial charge in [-0.05, 0) is 30.7 Å². The van der Waals surface area contributed by atoms with Crippen LogP contribution < -0.4 is 11.2 Å². The molecular weight excluding hydrogens is 263 g/mol. The smallest absolute Gasteiger partial charge is 0.335 e. The van der Waals surface area contributed by atoms with E-state index in [1.54, 1.807) is 18.0 Å². The van der Waals surface area contributed by atoms with Crippen LogP contribution in [-0.4, -0.2) is 14.7 Å². The molecule has 0 saturated heterocycles. The third-order valence-electron chi connectivity index (χ3n) is 2.43. The van der Waals surface area contributed by atoms with Crippen molar-refractivity contribution in [3.8, 4) is 11.6 Å². The molecule has 2 rings (SSSR count). The first kappa shape index (κ1) is 12.4. The molecule has 0 atom stereocenters. The highest BCUT2D eigenvalue weighted by Crippen LogP contribution is 2.21. The zero-order valence-corrected chi connectivity index (χ0v) is 9.95. The first-order valence-electron chi connectivity index (χ1n) is 4.92. The molecule has 0 radical (unpaired) electrons. The van der Waals surface area contributed by atoms with Crippen LogP contribution in [0.3, 0.4) is 0 Å². The molecule has 0 bridgehead atoms. The van der Waals surface area contributed by atoms with E-state index in [-0.39, 0.29) is 5.69 Å². The predicted octanol–water partition coefficient (Wildman–Crippen LogP) is 1.33. The maximum Gasteiger partial charge on any atom is 0.335 e. The van der Waals surface area contributed by atoms with Crippen LogP contribution in [-0.2, 0) is 0 Å². The molecule has 94 valence electrons. The van der Waals surface area contributed by atoms with Gasteiger partial charge in [0.15, 0.2) is 0 Å². The second-order valence-electron chi connectivity index (χ2n) is 3.66. The van der Waals surface area contributed by atoms with Crippen LogP contribution in [0.2, 0.25) is 5.02 Å². The summed E-state index contributed by atoms with van der Waals surface area (Å²) in [6.45, 7) is 1.64. The summed E-state index contributed by atoms with van der Waals surface area (Å²) >= 11 is 5.76. The summed E-state index contributed by atoms with van der Waals surface area (Å²) in [5.41, 5.74) is -1.41. The Hall–Kier alpha value is -2.08. The molecule has 1 aromatic carbocycles. The van der Waals surface area contributed by atoms with E-state index in [2.05, 4.69) is 0 Å². The largest absolute Gasteiger partial charge is 0.492 e. The number of aryl methyl sites for hydroxylation is 1. The van der Waals surface area contributed by atoms with E-state index in [1.165, 1.54) is 12.1 Å². The van der Waals surface area contributed by atoms with Crippen molar-refractivity contribution >= 4 is 11.6 Å². The number of hydrogen-bond acceptors (Lipinski definition) is 3.